The van der Waals surface area contributed by atoms with E-state index in [1.54, 1.807) is 24.3 Å². The maximum atomic E-state index is 11.4. The number of hydrogen-bond acceptors (Lipinski definition) is 6. The third kappa shape index (κ3) is 4.93. The monoisotopic (exact) mass is 278 g/mol. The van der Waals surface area contributed by atoms with E-state index in [0.717, 1.165) is 0 Å². The van der Waals surface area contributed by atoms with Crippen LogP contribution in [0.25, 0.3) is 6.08 Å². The minimum Gasteiger partial charge on any atom is -0.463 e. The van der Waals surface area contributed by atoms with Gasteiger partial charge in [0.2, 0.25) is 5.76 Å². The minimum atomic E-state index is -0.760. The Hall–Kier alpha value is -2.63. The zero-order chi connectivity index (χ0) is 15.1. The summed E-state index contributed by atoms with van der Waals surface area (Å²) < 4.78 is 14.1. The van der Waals surface area contributed by atoms with Crippen LogP contribution in [0, 0.1) is 0 Å². The zero-order valence-corrected chi connectivity index (χ0v) is 11.3. The van der Waals surface area contributed by atoms with E-state index in [4.69, 9.17) is 9.47 Å². The number of rotatable bonds is 4. The predicted molar refractivity (Wildman–Crippen MR) is 69.5 cm³/mol. The molecule has 0 unspecified atom stereocenters. The lowest BCUT2D eigenvalue weighted by molar-refractivity contribution is -0.148. The Morgan fingerprint density at radius 3 is 2.05 bits per heavy atom. The second-order valence-corrected chi connectivity index (χ2v) is 3.76. The summed E-state index contributed by atoms with van der Waals surface area (Å²) >= 11 is 0. The molecule has 0 aliphatic rings. The Balaban J connectivity index is 2.95. The molecule has 0 saturated carbocycles. The molecule has 0 spiro atoms. The predicted octanol–water partition coefficient (Wildman–Crippen LogP) is 1.69. The summed E-state index contributed by atoms with van der Waals surface area (Å²) in [4.78, 5) is 33.1. The lowest BCUT2D eigenvalue weighted by Gasteiger charge is -2.05. The first kappa shape index (κ1) is 15.4. The Morgan fingerprint density at radius 2 is 1.60 bits per heavy atom. The molecule has 0 fully saturated rings. The van der Waals surface area contributed by atoms with E-state index in [-0.39, 0.29) is 5.76 Å². The van der Waals surface area contributed by atoms with Gasteiger partial charge in [0.25, 0.3) is 0 Å². The van der Waals surface area contributed by atoms with Gasteiger partial charge >= 0.3 is 17.9 Å². The average Bonchev–Trinajstić information content (AvgIpc) is 2.38. The van der Waals surface area contributed by atoms with Crippen molar-refractivity contribution in [1.29, 1.82) is 0 Å². The van der Waals surface area contributed by atoms with Gasteiger partial charge < -0.3 is 14.2 Å². The van der Waals surface area contributed by atoms with Crippen LogP contribution in [0.3, 0.4) is 0 Å². The van der Waals surface area contributed by atoms with Gasteiger partial charge in [0.05, 0.1) is 7.11 Å². The van der Waals surface area contributed by atoms with Crippen LogP contribution in [-0.4, -0.2) is 25.0 Å². The van der Waals surface area contributed by atoms with E-state index in [2.05, 4.69) is 4.74 Å². The van der Waals surface area contributed by atoms with Gasteiger partial charge in [-0.25, -0.2) is 4.79 Å². The molecule has 0 bridgehead atoms. The molecular formula is C14H14O6. The third-order valence-electron chi connectivity index (χ3n) is 2.08. The highest BCUT2D eigenvalue weighted by Crippen LogP contribution is 2.15. The maximum absolute atomic E-state index is 11.4. The summed E-state index contributed by atoms with van der Waals surface area (Å²) in [5.41, 5.74) is 0.586. The van der Waals surface area contributed by atoms with Gasteiger partial charge in [0.1, 0.15) is 5.75 Å². The number of methoxy groups -OCH3 is 1. The lowest BCUT2D eigenvalue weighted by Crippen LogP contribution is -2.11. The van der Waals surface area contributed by atoms with Crippen molar-refractivity contribution in [3.63, 3.8) is 0 Å². The van der Waals surface area contributed by atoms with Gasteiger partial charge in [-0.3, -0.25) is 9.59 Å². The van der Waals surface area contributed by atoms with Crippen molar-refractivity contribution < 1.29 is 28.6 Å². The van der Waals surface area contributed by atoms with E-state index in [9.17, 15) is 14.4 Å². The Labute approximate surface area is 115 Å². The number of ether oxygens (including phenoxy) is 3. The smallest absolute Gasteiger partial charge is 0.374 e. The first-order valence-corrected chi connectivity index (χ1v) is 5.69. The first-order chi connectivity index (χ1) is 9.42. The molecule has 20 heavy (non-hydrogen) atoms. The maximum Gasteiger partial charge on any atom is 0.374 e. The molecule has 1 aromatic carbocycles. The highest BCUT2D eigenvalue weighted by atomic mass is 16.6. The normalized spacial score (nSPS) is 10.7. The van der Waals surface area contributed by atoms with Gasteiger partial charge in [-0.1, -0.05) is 12.1 Å². The van der Waals surface area contributed by atoms with Crippen LogP contribution in [0.1, 0.15) is 19.4 Å². The Morgan fingerprint density at radius 1 is 1.00 bits per heavy atom. The fourth-order valence-electron chi connectivity index (χ4n) is 1.33. The molecule has 0 atom stereocenters. The molecule has 0 aliphatic carbocycles. The minimum absolute atomic E-state index is 0.222. The molecule has 1 rings (SSSR count). The quantitative estimate of drug-likeness (QED) is 0.361. The summed E-state index contributed by atoms with van der Waals surface area (Å²) in [5, 5.41) is 0. The van der Waals surface area contributed by atoms with Crippen molar-refractivity contribution in [2.75, 3.05) is 7.11 Å². The van der Waals surface area contributed by atoms with E-state index < -0.39 is 17.9 Å². The highest BCUT2D eigenvalue weighted by molar-refractivity contribution is 5.93. The second kappa shape index (κ2) is 7.08. The van der Waals surface area contributed by atoms with Crippen LogP contribution in [0.5, 0.6) is 5.75 Å². The Kier molecular flexibility index (Phi) is 5.46. The summed E-state index contributed by atoms with van der Waals surface area (Å²) in [5.74, 6) is -1.66. The highest BCUT2D eigenvalue weighted by Gasteiger charge is 2.13. The topological polar surface area (TPSA) is 78.9 Å². The van der Waals surface area contributed by atoms with Crippen molar-refractivity contribution in [1.82, 2.24) is 0 Å². The molecule has 0 amide bonds. The second-order valence-electron chi connectivity index (χ2n) is 3.76. The summed E-state index contributed by atoms with van der Waals surface area (Å²) in [6.07, 6.45) is 1.35. The summed E-state index contributed by atoms with van der Waals surface area (Å²) in [6, 6.07) is 6.31. The third-order valence-corrected chi connectivity index (χ3v) is 2.08. The van der Waals surface area contributed by atoms with E-state index in [0.29, 0.717) is 11.3 Å². The average molecular weight is 278 g/mol. The molecule has 0 radical (unpaired) electrons. The molecule has 106 valence electrons. The molecule has 0 saturated heterocycles. The summed E-state index contributed by atoms with van der Waals surface area (Å²) in [6.45, 7) is 2.48. The van der Waals surface area contributed by atoms with Crippen LogP contribution < -0.4 is 4.74 Å². The van der Waals surface area contributed by atoms with Crippen LogP contribution >= 0.6 is 0 Å². The SMILES string of the molecule is COC(=O)/C(=C/c1ccc(OC(C)=O)cc1)OC(C)=O. The molecule has 6 nitrogen and oxygen atoms in total. The van der Waals surface area contributed by atoms with Gasteiger partial charge in [0, 0.05) is 13.8 Å². The first-order valence-electron chi connectivity index (χ1n) is 5.69. The van der Waals surface area contributed by atoms with Crippen LogP contribution in [0.15, 0.2) is 30.0 Å². The number of carbonyl (C=O) groups excluding carboxylic acids is 3. The zero-order valence-electron chi connectivity index (χ0n) is 11.3. The molecule has 0 aromatic heterocycles. The largest absolute Gasteiger partial charge is 0.463 e. The van der Waals surface area contributed by atoms with Gasteiger partial charge in [-0.15, -0.1) is 0 Å². The van der Waals surface area contributed by atoms with Gasteiger partial charge in [0.15, 0.2) is 0 Å². The Bertz CT molecular complexity index is 541. The van der Waals surface area contributed by atoms with Crippen molar-refractivity contribution in [3.8, 4) is 5.75 Å². The fraction of sp³-hybridized carbons (Fsp3) is 0.214. The van der Waals surface area contributed by atoms with Crippen molar-refractivity contribution in [2.45, 2.75) is 13.8 Å². The van der Waals surface area contributed by atoms with Crippen molar-refractivity contribution in [3.05, 3.63) is 35.6 Å². The standard InChI is InChI=1S/C14H14O6/c1-9(15)19-12-6-4-11(5-7-12)8-13(14(17)18-3)20-10(2)16/h4-8H,1-3H3/b13-8-. The number of hydrogen-bond donors (Lipinski definition) is 0. The number of benzene rings is 1. The molecular weight excluding hydrogens is 264 g/mol. The van der Waals surface area contributed by atoms with Gasteiger partial charge in [-0.2, -0.15) is 0 Å². The molecule has 0 heterocycles. The van der Waals surface area contributed by atoms with Crippen LogP contribution in [0.4, 0.5) is 0 Å². The van der Waals surface area contributed by atoms with Crippen LogP contribution in [0.2, 0.25) is 0 Å². The number of carbonyl (C=O) groups is 3. The van der Waals surface area contributed by atoms with E-state index >= 15 is 0 Å². The van der Waals surface area contributed by atoms with E-state index in [1.165, 1.54) is 27.0 Å². The molecule has 0 aliphatic heterocycles. The molecule has 1 aromatic rings. The molecule has 6 heteroatoms. The van der Waals surface area contributed by atoms with Crippen LogP contribution in [-0.2, 0) is 23.9 Å². The molecule has 0 N–H and O–H groups in total. The summed E-state index contributed by atoms with van der Waals surface area (Å²) in [7, 11) is 1.18. The van der Waals surface area contributed by atoms with Crippen molar-refractivity contribution in [2.24, 2.45) is 0 Å². The van der Waals surface area contributed by atoms with Crippen molar-refractivity contribution >= 4 is 24.0 Å². The fourth-order valence-corrected chi connectivity index (χ4v) is 1.33. The number of esters is 3. The lowest BCUT2D eigenvalue weighted by atomic mass is 10.2. The van der Waals surface area contributed by atoms with Gasteiger partial charge in [-0.05, 0) is 23.8 Å². The van der Waals surface area contributed by atoms with E-state index in [1.807, 2.05) is 0 Å².